The average molecular weight is 490 g/mol. The van der Waals surface area contributed by atoms with Gasteiger partial charge in [0, 0.05) is 42.9 Å². The summed E-state index contributed by atoms with van der Waals surface area (Å²) in [4.78, 5) is 31.9. The molecular weight excluding hydrogens is 462 g/mol. The zero-order valence-corrected chi connectivity index (χ0v) is 20.1. The minimum absolute atomic E-state index is 0.107. The summed E-state index contributed by atoms with van der Waals surface area (Å²) in [5.41, 5.74) is 10.2. The first-order valence-corrected chi connectivity index (χ1v) is 11.6. The molecule has 0 bridgehead atoms. The van der Waals surface area contributed by atoms with Crippen LogP contribution in [0.3, 0.4) is 0 Å². The molecule has 0 unspecified atom stereocenters. The Morgan fingerprint density at radius 3 is 2.67 bits per heavy atom. The average Bonchev–Trinajstić information content (AvgIpc) is 3.53. The predicted octanol–water partition coefficient (Wildman–Crippen LogP) is 2.77. The molecule has 1 aromatic carbocycles. The van der Waals surface area contributed by atoms with Gasteiger partial charge in [-0.2, -0.15) is 14.7 Å². The molecule has 1 fully saturated rings. The molecule has 5 rings (SSSR count). The minimum atomic E-state index is -0.725. The normalized spacial score (nSPS) is 17.8. The molecule has 1 saturated heterocycles. The van der Waals surface area contributed by atoms with Crippen molar-refractivity contribution in [3.63, 3.8) is 0 Å². The standard InChI is InChI=1S/C25H27N7O4/c1-30-13-18(11-27-30)19-12-28-32-22(26)10-20(29-23(19)32)17-8-9-21(24(33)35-2)31(14-17)25(34)36-15-16-6-4-3-5-7-16/h3-7,10-13,17,21H,8-9,14-15,26H2,1-2H3/t17-,21-/m0/s1. The molecule has 186 valence electrons. The lowest BCUT2D eigenvalue weighted by molar-refractivity contribution is -0.147. The summed E-state index contributed by atoms with van der Waals surface area (Å²) in [5, 5.41) is 8.61. The van der Waals surface area contributed by atoms with Gasteiger partial charge >= 0.3 is 12.1 Å². The van der Waals surface area contributed by atoms with Crippen molar-refractivity contribution in [1.82, 2.24) is 29.3 Å². The molecular formula is C25H27N7O4. The van der Waals surface area contributed by atoms with Gasteiger partial charge in [0.15, 0.2) is 5.65 Å². The first-order valence-electron chi connectivity index (χ1n) is 11.6. The van der Waals surface area contributed by atoms with E-state index in [1.165, 1.54) is 12.0 Å². The van der Waals surface area contributed by atoms with Gasteiger partial charge in [0.05, 0.1) is 25.2 Å². The molecule has 0 aliphatic carbocycles. The van der Waals surface area contributed by atoms with E-state index in [2.05, 4.69) is 10.2 Å². The second kappa shape index (κ2) is 9.68. The number of nitrogens with zero attached hydrogens (tertiary/aromatic N) is 6. The van der Waals surface area contributed by atoms with Crippen LogP contribution in [-0.2, 0) is 27.9 Å². The second-order valence-electron chi connectivity index (χ2n) is 8.81. The Labute approximate surface area is 207 Å². The molecule has 0 radical (unpaired) electrons. The molecule has 1 aliphatic rings. The van der Waals surface area contributed by atoms with Crippen molar-refractivity contribution in [3.05, 3.63) is 66.2 Å². The number of carbonyl (C=O) groups excluding carboxylic acids is 2. The Hall–Kier alpha value is -4.41. The quantitative estimate of drug-likeness (QED) is 0.424. The zero-order chi connectivity index (χ0) is 25.2. The van der Waals surface area contributed by atoms with Gasteiger partial charge in [0.1, 0.15) is 18.5 Å². The number of benzene rings is 1. The number of fused-ring (bicyclic) bond motifs is 1. The Kier molecular flexibility index (Phi) is 6.28. The van der Waals surface area contributed by atoms with Crippen molar-refractivity contribution in [3.8, 4) is 11.1 Å². The number of esters is 1. The van der Waals surface area contributed by atoms with Crippen molar-refractivity contribution in [2.24, 2.45) is 7.05 Å². The summed E-state index contributed by atoms with van der Waals surface area (Å²) in [7, 11) is 3.16. The smallest absolute Gasteiger partial charge is 0.410 e. The van der Waals surface area contributed by atoms with Crippen LogP contribution in [0.2, 0.25) is 0 Å². The molecule has 2 atom stereocenters. The number of hydrogen-bond acceptors (Lipinski definition) is 8. The van der Waals surface area contributed by atoms with E-state index in [0.717, 1.165) is 22.4 Å². The van der Waals surface area contributed by atoms with Crippen molar-refractivity contribution < 1.29 is 19.1 Å². The third-order valence-electron chi connectivity index (χ3n) is 6.45. The zero-order valence-electron chi connectivity index (χ0n) is 20.1. The van der Waals surface area contributed by atoms with Gasteiger partial charge in [0.25, 0.3) is 0 Å². The van der Waals surface area contributed by atoms with E-state index in [4.69, 9.17) is 20.2 Å². The van der Waals surface area contributed by atoms with E-state index in [9.17, 15) is 9.59 Å². The number of rotatable bonds is 5. The van der Waals surface area contributed by atoms with Gasteiger partial charge in [-0.25, -0.2) is 14.6 Å². The van der Waals surface area contributed by atoms with E-state index < -0.39 is 18.1 Å². The van der Waals surface area contributed by atoms with Crippen LogP contribution in [0.5, 0.6) is 0 Å². The van der Waals surface area contributed by atoms with Crippen molar-refractivity contribution >= 4 is 23.5 Å². The van der Waals surface area contributed by atoms with Gasteiger partial charge in [-0.05, 0) is 18.4 Å². The predicted molar refractivity (Wildman–Crippen MR) is 131 cm³/mol. The molecule has 1 aliphatic heterocycles. The number of methoxy groups -OCH3 is 1. The lowest BCUT2D eigenvalue weighted by Crippen LogP contribution is -2.50. The third-order valence-corrected chi connectivity index (χ3v) is 6.45. The van der Waals surface area contributed by atoms with Crippen molar-refractivity contribution in [1.29, 1.82) is 0 Å². The summed E-state index contributed by atoms with van der Waals surface area (Å²) in [6, 6.07) is 10.4. The lowest BCUT2D eigenvalue weighted by Gasteiger charge is -2.37. The highest BCUT2D eigenvalue weighted by Gasteiger charge is 2.39. The first-order chi connectivity index (χ1) is 17.4. The van der Waals surface area contributed by atoms with Crippen LogP contribution in [0.15, 0.2) is 55.0 Å². The molecule has 0 spiro atoms. The maximum absolute atomic E-state index is 13.1. The van der Waals surface area contributed by atoms with Crippen LogP contribution in [0.25, 0.3) is 16.8 Å². The maximum Gasteiger partial charge on any atom is 0.410 e. The summed E-state index contributed by atoms with van der Waals surface area (Å²) in [6.07, 6.45) is 5.80. The molecule has 11 nitrogen and oxygen atoms in total. The van der Waals surface area contributed by atoms with Crippen LogP contribution in [0, 0.1) is 0 Å². The Bertz CT molecular complexity index is 1400. The van der Waals surface area contributed by atoms with Gasteiger partial charge in [0.2, 0.25) is 0 Å². The van der Waals surface area contributed by atoms with E-state index >= 15 is 0 Å². The number of nitrogen functional groups attached to an aromatic ring is 1. The Morgan fingerprint density at radius 1 is 1.14 bits per heavy atom. The summed E-state index contributed by atoms with van der Waals surface area (Å²) in [5.74, 6) is -0.194. The van der Waals surface area contributed by atoms with Crippen LogP contribution in [-0.4, -0.2) is 61.0 Å². The number of aromatic nitrogens is 5. The largest absolute Gasteiger partial charge is 0.467 e. The number of hydrogen-bond donors (Lipinski definition) is 1. The molecule has 2 N–H and O–H groups in total. The number of carbonyl (C=O) groups is 2. The SMILES string of the molecule is COC(=O)[C@@H]1CC[C@H](c2cc(N)n3ncc(-c4cnn(C)c4)c3n2)CN1C(=O)OCc1ccccc1. The third kappa shape index (κ3) is 4.47. The number of likely N-dealkylation sites (tertiary alicyclic amines) is 1. The number of aryl methyl sites for hydroxylation is 1. The van der Waals surface area contributed by atoms with Gasteiger partial charge < -0.3 is 15.2 Å². The second-order valence-corrected chi connectivity index (χ2v) is 8.81. The van der Waals surface area contributed by atoms with Crippen LogP contribution >= 0.6 is 0 Å². The van der Waals surface area contributed by atoms with Crippen molar-refractivity contribution in [2.75, 3.05) is 19.4 Å². The number of piperidine rings is 1. The summed E-state index contributed by atoms with van der Waals surface area (Å²) < 4.78 is 13.8. The Balaban J connectivity index is 1.42. The van der Waals surface area contributed by atoms with Crippen LogP contribution in [0.1, 0.15) is 30.0 Å². The minimum Gasteiger partial charge on any atom is -0.467 e. The van der Waals surface area contributed by atoms with Gasteiger partial charge in [-0.3, -0.25) is 9.58 Å². The highest BCUT2D eigenvalue weighted by atomic mass is 16.6. The highest BCUT2D eigenvalue weighted by Crippen LogP contribution is 2.33. The van der Waals surface area contributed by atoms with E-state index in [1.54, 1.807) is 27.7 Å². The lowest BCUT2D eigenvalue weighted by atomic mass is 9.90. The Morgan fingerprint density at radius 2 is 1.94 bits per heavy atom. The number of nitrogens with two attached hydrogens (primary N) is 1. The van der Waals surface area contributed by atoms with E-state index in [1.807, 2.05) is 43.6 Å². The maximum atomic E-state index is 13.1. The van der Waals surface area contributed by atoms with E-state index in [0.29, 0.717) is 24.3 Å². The van der Waals surface area contributed by atoms with Gasteiger partial charge in [-0.1, -0.05) is 30.3 Å². The number of amides is 1. The van der Waals surface area contributed by atoms with Crippen LogP contribution < -0.4 is 5.73 Å². The molecule has 1 amide bonds. The van der Waals surface area contributed by atoms with Gasteiger partial charge in [-0.15, -0.1) is 0 Å². The monoisotopic (exact) mass is 489 g/mol. The topological polar surface area (TPSA) is 130 Å². The molecule has 11 heteroatoms. The van der Waals surface area contributed by atoms with E-state index in [-0.39, 0.29) is 19.1 Å². The fourth-order valence-electron chi connectivity index (χ4n) is 4.58. The summed E-state index contributed by atoms with van der Waals surface area (Å²) >= 11 is 0. The molecule has 0 saturated carbocycles. The van der Waals surface area contributed by atoms with Crippen molar-refractivity contribution in [2.45, 2.75) is 31.4 Å². The molecule has 36 heavy (non-hydrogen) atoms. The molecule has 3 aromatic heterocycles. The highest BCUT2D eigenvalue weighted by molar-refractivity contribution is 5.82. The number of ether oxygens (including phenoxy) is 2. The number of anilines is 1. The first kappa shape index (κ1) is 23.3. The fraction of sp³-hybridized carbons (Fsp3) is 0.320. The summed E-state index contributed by atoms with van der Waals surface area (Å²) in [6.45, 7) is 0.350. The molecule has 4 aromatic rings. The fourth-order valence-corrected chi connectivity index (χ4v) is 4.58. The molecule has 4 heterocycles. The van der Waals surface area contributed by atoms with Crippen LogP contribution in [0.4, 0.5) is 10.6 Å².